The van der Waals surface area contributed by atoms with Gasteiger partial charge in [0.05, 0.1) is 11.2 Å². The van der Waals surface area contributed by atoms with Crippen molar-refractivity contribution in [2.24, 2.45) is 0 Å². The molecule has 1 unspecified atom stereocenters. The van der Waals surface area contributed by atoms with Crippen molar-refractivity contribution in [3.8, 4) is 11.4 Å². The molecule has 2 aromatic heterocycles. The minimum atomic E-state index is -0.130. The number of H-pyrrole nitrogens is 1. The molecule has 4 N–H and O–H groups in total. The van der Waals surface area contributed by atoms with E-state index in [1.807, 2.05) is 48.5 Å². The summed E-state index contributed by atoms with van der Waals surface area (Å²) in [5, 5.41) is 9.75. The number of pyridine rings is 1. The second-order valence-electron chi connectivity index (χ2n) is 8.41. The summed E-state index contributed by atoms with van der Waals surface area (Å²) < 4.78 is 0. The molecule has 0 saturated carbocycles. The van der Waals surface area contributed by atoms with Crippen LogP contribution in [-0.2, 0) is 0 Å². The maximum Gasteiger partial charge on any atom is 0.255 e. The van der Waals surface area contributed by atoms with Crippen LogP contribution in [0.2, 0.25) is 0 Å². The Morgan fingerprint density at radius 2 is 2.03 bits per heavy atom. The number of para-hydroxylation sites is 1. The number of aromatic nitrogens is 3. The molecule has 176 valence electrons. The standard InChI is InChI=1S/C26H28N6O.ClH/c1-2-11-28-23-15-18(10-13-29-23)25-30-21-7-4-8-22(24(21)32-25)31-26(33)19-6-3-5-17(14-19)20-9-12-27-16-20;/h3-8,10,13-15,20,27H,2,9,11-12,16H2,1H3,(H,28,29)(H,30,32)(H,31,33);1H. The van der Waals surface area contributed by atoms with E-state index in [0.29, 0.717) is 17.2 Å². The molecule has 5 rings (SSSR count). The molecule has 1 amide bonds. The molecule has 0 aliphatic carbocycles. The fraction of sp³-hybridized carbons (Fsp3) is 0.269. The second-order valence-corrected chi connectivity index (χ2v) is 8.41. The Bertz CT molecular complexity index is 1280. The molecule has 4 aromatic rings. The maximum atomic E-state index is 13.1. The third-order valence-electron chi connectivity index (χ3n) is 6.03. The Morgan fingerprint density at radius 3 is 2.85 bits per heavy atom. The van der Waals surface area contributed by atoms with Crippen molar-refractivity contribution in [3.63, 3.8) is 0 Å². The lowest BCUT2D eigenvalue weighted by Crippen LogP contribution is -2.13. The second kappa shape index (κ2) is 10.7. The summed E-state index contributed by atoms with van der Waals surface area (Å²) in [5.41, 5.74) is 5.10. The Hall–Kier alpha value is -3.42. The number of aromatic amines is 1. The fourth-order valence-corrected chi connectivity index (χ4v) is 4.26. The zero-order valence-corrected chi connectivity index (χ0v) is 19.9. The Morgan fingerprint density at radius 1 is 1.15 bits per heavy atom. The Balaban J connectivity index is 0.00000274. The summed E-state index contributed by atoms with van der Waals surface area (Å²) in [7, 11) is 0. The molecule has 1 aliphatic heterocycles. The number of halogens is 1. The quantitative estimate of drug-likeness (QED) is 0.294. The number of nitrogens with one attached hydrogen (secondary N) is 4. The van der Waals surface area contributed by atoms with Crippen molar-refractivity contribution in [2.75, 3.05) is 30.3 Å². The molecule has 34 heavy (non-hydrogen) atoms. The van der Waals surface area contributed by atoms with Crippen LogP contribution in [0.1, 0.15) is 41.6 Å². The molecule has 0 radical (unpaired) electrons. The average Bonchev–Trinajstić information content (AvgIpc) is 3.54. The predicted octanol–water partition coefficient (Wildman–Crippen LogP) is 5.20. The summed E-state index contributed by atoms with van der Waals surface area (Å²) >= 11 is 0. The average molecular weight is 477 g/mol. The number of nitrogens with zero attached hydrogens (tertiary/aromatic N) is 2. The lowest BCUT2D eigenvalue weighted by molar-refractivity contribution is 0.102. The molecule has 2 aromatic carbocycles. The highest BCUT2D eigenvalue weighted by molar-refractivity contribution is 6.08. The van der Waals surface area contributed by atoms with Crippen LogP contribution in [-0.4, -0.2) is 40.5 Å². The maximum absolute atomic E-state index is 13.1. The van der Waals surface area contributed by atoms with Crippen molar-refractivity contribution in [1.82, 2.24) is 20.3 Å². The van der Waals surface area contributed by atoms with Crippen LogP contribution in [0.4, 0.5) is 11.5 Å². The van der Waals surface area contributed by atoms with E-state index in [-0.39, 0.29) is 18.3 Å². The van der Waals surface area contributed by atoms with Crippen molar-refractivity contribution in [3.05, 3.63) is 71.9 Å². The van der Waals surface area contributed by atoms with Crippen LogP contribution in [0.5, 0.6) is 0 Å². The molecule has 0 bridgehead atoms. The summed E-state index contributed by atoms with van der Waals surface area (Å²) in [6.45, 7) is 4.97. The molecule has 1 aliphatic rings. The molecule has 1 fully saturated rings. The summed E-state index contributed by atoms with van der Waals surface area (Å²) in [6.07, 6.45) is 3.90. The third kappa shape index (κ3) is 5.05. The largest absolute Gasteiger partial charge is 0.370 e. The smallest absolute Gasteiger partial charge is 0.255 e. The van der Waals surface area contributed by atoms with E-state index in [1.165, 1.54) is 5.56 Å². The van der Waals surface area contributed by atoms with Gasteiger partial charge in [-0.1, -0.05) is 25.1 Å². The molecule has 8 heteroatoms. The van der Waals surface area contributed by atoms with Gasteiger partial charge in [0.15, 0.2) is 0 Å². The highest BCUT2D eigenvalue weighted by Gasteiger charge is 2.18. The van der Waals surface area contributed by atoms with E-state index in [4.69, 9.17) is 4.98 Å². The van der Waals surface area contributed by atoms with Crippen LogP contribution in [0, 0.1) is 0 Å². The number of hydrogen-bond donors (Lipinski definition) is 4. The van der Waals surface area contributed by atoms with E-state index < -0.39 is 0 Å². The molecular formula is C26H29ClN6O. The normalized spacial score (nSPS) is 15.1. The van der Waals surface area contributed by atoms with Crippen molar-refractivity contribution < 1.29 is 4.79 Å². The molecule has 3 heterocycles. The first kappa shape index (κ1) is 23.7. The van der Waals surface area contributed by atoms with Crippen molar-refractivity contribution in [2.45, 2.75) is 25.7 Å². The summed E-state index contributed by atoms with van der Waals surface area (Å²) in [5.74, 6) is 1.90. The van der Waals surface area contributed by atoms with Gasteiger partial charge in [-0.15, -0.1) is 12.4 Å². The SMILES string of the molecule is CCCNc1cc(-c2nc3c(NC(=O)c4cccc(C5CCNC5)c4)cccc3[nH]2)ccn1.Cl. The van der Waals surface area contributed by atoms with Crippen molar-refractivity contribution >= 4 is 40.9 Å². The highest BCUT2D eigenvalue weighted by atomic mass is 35.5. The van der Waals surface area contributed by atoms with E-state index in [2.05, 4.69) is 38.9 Å². The van der Waals surface area contributed by atoms with Crippen LogP contribution in [0.3, 0.4) is 0 Å². The lowest BCUT2D eigenvalue weighted by Gasteiger charge is -2.11. The number of fused-ring (bicyclic) bond motifs is 1. The minimum Gasteiger partial charge on any atom is -0.370 e. The monoisotopic (exact) mass is 476 g/mol. The van der Waals surface area contributed by atoms with Gasteiger partial charge in [-0.2, -0.15) is 0 Å². The number of carbonyl (C=O) groups excluding carboxylic acids is 1. The van der Waals surface area contributed by atoms with Crippen molar-refractivity contribution in [1.29, 1.82) is 0 Å². The van der Waals surface area contributed by atoms with Crippen LogP contribution < -0.4 is 16.0 Å². The van der Waals surface area contributed by atoms with E-state index in [9.17, 15) is 4.79 Å². The molecule has 7 nitrogen and oxygen atoms in total. The first-order chi connectivity index (χ1) is 16.2. The van der Waals surface area contributed by atoms with Crippen LogP contribution >= 0.6 is 12.4 Å². The predicted molar refractivity (Wildman–Crippen MR) is 140 cm³/mol. The molecule has 0 spiro atoms. The van der Waals surface area contributed by atoms with Crippen LogP contribution in [0.15, 0.2) is 60.8 Å². The number of imidazole rings is 1. The third-order valence-corrected chi connectivity index (χ3v) is 6.03. The molecule has 1 saturated heterocycles. The first-order valence-corrected chi connectivity index (χ1v) is 11.5. The van der Waals surface area contributed by atoms with Gasteiger partial charge in [0.1, 0.15) is 17.2 Å². The molecule has 1 atom stereocenters. The van der Waals surface area contributed by atoms with Gasteiger partial charge in [-0.3, -0.25) is 4.79 Å². The first-order valence-electron chi connectivity index (χ1n) is 11.5. The minimum absolute atomic E-state index is 0. The summed E-state index contributed by atoms with van der Waals surface area (Å²) in [4.78, 5) is 25.6. The van der Waals surface area contributed by atoms with Gasteiger partial charge >= 0.3 is 0 Å². The van der Waals surface area contributed by atoms with Gasteiger partial charge in [-0.25, -0.2) is 9.97 Å². The number of rotatable bonds is 7. The van der Waals surface area contributed by atoms with Gasteiger partial charge in [0, 0.05) is 30.4 Å². The van der Waals surface area contributed by atoms with Gasteiger partial charge in [0.25, 0.3) is 5.91 Å². The van der Waals surface area contributed by atoms with Gasteiger partial charge in [-0.05, 0) is 67.3 Å². The number of benzene rings is 2. The van der Waals surface area contributed by atoms with E-state index in [1.54, 1.807) is 6.20 Å². The fourth-order valence-electron chi connectivity index (χ4n) is 4.26. The Labute approximate surface area is 205 Å². The highest BCUT2D eigenvalue weighted by Crippen LogP contribution is 2.28. The number of anilines is 2. The topological polar surface area (TPSA) is 94.7 Å². The Kier molecular flexibility index (Phi) is 7.45. The zero-order valence-electron chi connectivity index (χ0n) is 19.1. The van der Waals surface area contributed by atoms with Crippen LogP contribution in [0.25, 0.3) is 22.4 Å². The van der Waals surface area contributed by atoms with Gasteiger partial charge in [0.2, 0.25) is 0 Å². The number of carbonyl (C=O) groups is 1. The number of hydrogen-bond acceptors (Lipinski definition) is 5. The number of amides is 1. The van der Waals surface area contributed by atoms with E-state index >= 15 is 0 Å². The zero-order chi connectivity index (χ0) is 22.6. The lowest BCUT2D eigenvalue weighted by atomic mass is 9.96. The molecular weight excluding hydrogens is 448 g/mol. The van der Waals surface area contributed by atoms with E-state index in [0.717, 1.165) is 60.7 Å². The summed E-state index contributed by atoms with van der Waals surface area (Å²) in [6, 6.07) is 17.6. The van der Waals surface area contributed by atoms with Gasteiger partial charge < -0.3 is 20.9 Å².